The van der Waals surface area contributed by atoms with Crippen molar-refractivity contribution >= 4 is 23.3 Å². The number of thioether (sulfide) groups is 1. The molecule has 1 aliphatic rings. The van der Waals surface area contributed by atoms with Gasteiger partial charge in [0.15, 0.2) is 5.82 Å². The van der Waals surface area contributed by atoms with Gasteiger partial charge < -0.3 is 15.4 Å². The molecule has 0 bridgehead atoms. The van der Waals surface area contributed by atoms with Crippen molar-refractivity contribution in [2.75, 3.05) is 30.4 Å². The van der Waals surface area contributed by atoms with E-state index in [1.165, 1.54) is 4.90 Å². The maximum atomic E-state index is 5.85. The third-order valence-corrected chi connectivity index (χ3v) is 5.77. The molecule has 1 aliphatic heterocycles. The Bertz CT molecular complexity index is 918. The minimum absolute atomic E-state index is 0.289. The second-order valence-electron chi connectivity index (χ2n) is 6.88. The fourth-order valence-electron chi connectivity index (χ4n) is 3.21. The highest BCUT2D eigenvalue weighted by Crippen LogP contribution is 2.27. The van der Waals surface area contributed by atoms with Crippen LogP contribution in [0.4, 0.5) is 11.5 Å². The van der Waals surface area contributed by atoms with Crippen molar-refractivity contribution in [1.29, 1.82) is 0 Å². The molecule has 4 rings (SSSR count). The minimum atomic E-state index is 0.289. The van der Waals surface area contributed by atoms with Crippen LogP contribution in [0.1, 0.15) is 12.6 Å². The van der Waals surface area contributed by atoms with Crippen LogP contribution in [-0.4, -0.2) is 35.8 Å². The molecule has 2 heterocycles. The maximum Gasteiger partial charge on any atom is 0.161 e. The number of morpholine rings is 1. The van der Waals surface area contributed by atoms with Crippen LogP contribution in [0, 0.1) is 0 Å². The summed E-state index contributed by atoms with van der Waals surface area (Å²) in [5.41, 5.74) is 8.58. The SMILES string of the molecule is C[C@H]1COCCN1c1cc(CSc2ccccc2)nc(-c2ccc(N)cc2)n1. The molecule has 1 fully saturated rings. The zero-order chi connectivity index (χ0) is 19.3. The maximum absolute atomic E-state index is 5.85. The highest BCUT2D eigenvalue weighted by molar-refractivity contribution is 7.98. The average Bonchev–Trinajstić information content (AvgIpc) is 2.74. The normalized spacial score (nSPS) is 16.9. The smallest absolute Gasteiger partial charge is 0.161 e. The number of anilines is 2. The third-order valence-electron chi connectivity index (χ3n) is 4.73. The Labute approximate surface area is 170 Å². The molecule has 6 heteroatoms. The molecule has 1 aromatic heterocycles. The van der Waals surface area contributed by atoms with Crippen LogP contribution in [0.25, 0.3) is 11.4 Å². The summed E-state index contributed by atoms with van der Waals surface area (Å²) >= 11 is 1.78. The average molecular weight is 393 g/mol. The van der Waals surface area contributed by atoms with Gasteiger partial charge in [0.2, 0.25) is 0 Å². The lowest BCUT2D eigenvalue weighted by molar-refractivity contribution is 0.0985. The van der Waals surface area contributed by atoms with E-state index in [1.54, 1.807) is 11.8 Å². The molecule has 5 nitrogen and oxygen atoms in total. The van der Waals surface area contributed by atoms with E-state index in [1.807, 2.05) is 30.3 Å². The van der Waals surface area contributed by atoms with Gasteiger partial charge in [-0.3, -0.25) is 0 Å². The van der Waals surface area contributed by atoms with Crippen molar-refractivity contribution in [3.8, 4) is 11.4 Å². The number of nitrogens with zero attached hydrogens (tertiary/aromatic N) is 3. The molecule has 2 N–H and O–H groups in total. The van der Waals surface area contributed by atoms with E-state index in [2.05, 4.69) is 42.2 Å². The number of benzene rings is 2. The Kier molecular flexibility index (Phi) is 5.78. The van der Waals surface area contributed by atoms with Gasteiger partial charge >= 0.3 is 0 Å². The highest BCUT2D eigenvalue weighted by Gasteiger charge is 2.21. The van der Waals surface area contributed by atoms with Crippen LogP contribution in [0.15, 0.2) is 65.6 Å². The minimum Gasteiger partial charge on any atom is -0.399 e. The van der Waals surface area contributed by atoms with Gasteiger partial charge in [0, 0.05) is 34.5 Å². The van der Waals surface area contributed by atoms with E-state index in [-0.39, 0.29) is 6.04 Å². The summed E-state index contributed by atoms with van der Waals surface area (Å²) in [6.07, 6.45) is 0. The molecule has 3 aromatic rings. The number of nitrogen functional groups attached to an aromatic ring is 1. The zero-order valence-corrected chi connectivity index (χ0v) is 16.7. The summed E-state index contributed by atoms with van der Waals surface area (Å²) in [6.45, 7) is 4.45. The first-order chi connectivity index (χ1) is 13.7. The fraction of sp³-hybridized carbons (Fsp3) is 0.273. The molecule has 144 valence electrons. The molecule has 1 saturated heterocycles. The number of hydrogen-bond donors (Lipinski definition) is 1. The molecular weight excluding hydrogens is 368 g/mol. The summed E-state index contributed by atoms with van der Waals surface area (Å²) in [5.74, 6) is 2.49. The number of hydrogen-bond acceptors (Lipinski definition) is 6. The second-order valence-corrected chi connectivity index (χ2v) is 7.93. The lowest BCUT2D eigenvalue weighted by Gasteiger charge is -2.34. The van der Waals surface area contributed by atoms with Crippen molar-refractivity contribution < 1.29 is 4.74 Å². The van der Waals surface area contributed by atoms with Gasteiger partial charge in [-0.15, -0.1) is 11.8 Å². The van der Waals surface area contributed by atoms with Crippen molar-refractivity contribution in [3.05, 3.63) is 66.4 Å². The summed E-state index contributed by atoms with van der Waals surface area (Å²) in [7, 11) is 0. The molecule has 0 amide bonds. The standard InChI is InChI=1S/C22H24N4OS/c1-16-14-27-12-11-26(16)21-13-19(15-28-20-5-3-2-4-6-20)24-22(25-21)17-7-9-18(23)10-8-17/h2-10,13,16H,11-12,14-15,23H2,1H3/t16-/m0/s1. The van der Waals surface area contributed by atoms with Crippen LogP contribution in [0.3, 0.4) is 0 Å². The largest absolute Gasteiger partial charge is 0.399 e. The fourth-order valence-corrected chi connectivity index (χ4v) is 4.02. The summed E-state index contributed by atoms with van der Waals surface area (Å²) in [6, 6.07) is 20.5. The molecule has 1 atom stereocenters. The Balaban J connectivity index is 1.66. The Hall–Kier alpha value is -2.57. The molecule has 0 unspecified atom stereocenters. The van der Waals surface area contributed by atoms with Crippen molar-refractivity contribution in [3.63, 3.8) is 0 Å². The summed E-state index contributed by atoms with van der Waals surface area (Å²) in [4.78, 5) is 13.3. The van der Waals surface area contributed by atoms with Gasteiger partial charge in [-0.25, -0.2) is 9.97 Å². The highest BCUT2D eigenvalue weighted by atomic mass is 32.2. The lowest BCUT2D eigenvalue weighted by atomic mass is 10.2. The van der Waals surface area contributed by atoms with Gasteiger partial charge in [0.25, 0.3) is 0 Å². The number of nitrogens with two attached hydrogens (primary N) is 1. The second kappa shape index (κ2) is 8.63. The monoisotopic (exact) mass is 392 g/mol. The van der Waals surface area contributed by atoms with Crippen LogP contribution in [-0.2, 0) is 10.5 Å². The number of rotatable bonds is 5. The first-order valence-corrected chi connectivity index (χ1v) is 10.4. The predicted octanol–water partition coefficient (Wildman–Crippen LogP) is 4.24. The Morgan fingerprint density at radius 2 is 1.89 bits per heavy atom. The van der Waals surface area contributed by atoms with Crippen LogP contribution < -0.4 is 10.6 Å². The van der Waals surface area contributed by atoms with E-state index in [0.29, 0.717) is 0 Å². The summed E-state index contributed by atoms with van der Waals surface area (Å²) in [5, 5.41) is 0. The Morgan fingerprint density at radius 3 is 2.64 bits per heavy atom. The van der Waals surface area contributed by atoms with Crippen LogP contribution in [0.5, 0.6) is 0 Å². The van der Waals surface area contributed by atoms with Crippen molar-refractivity contribution in [2.24, 2.45) is 0 Å². The van der Waals surface area contributed by atoms with E-state index in [4.69, 9.17) is 20.4 Å². The molecule has 0 radical (unpaired) electrons. The molecule has 0 spiro atoms. The molecule has 0 aliphatic carbocycles. The van der Waals surface area contributed by atoms with Gasteiger partial charge in [-0.2, -0.15) is 0 Å². The number of aromatic nitrogens is 2. The van der Waals surface area contributed by atoms with Crippen LogP contribution in [0.2, 0.25) is 0 Å². The van der Waals surface area contributed by atoms with Crippen molar-refractivity contribution in [2.45, 2.75) is 23.6 Å². The van der Waals surface area contributed by atoms with E-state index < -0.39 is 0 Å². The molecule has 2 aromatic carbocycles. The first-order valence-electron chi connectivity index (χ1n) is 9.45. The number of ether oxygens (including phenoxy) is 1. The van der Waals surface area contributed by atoms with E-state index in [9.17, 15) is 0 Å². The molecular formula is C22H24N4OS. The van der Waals surface area contributed by atoms with E-state index >= 15 is 0 Å². The summed E-state index contributed by atoms with van der Waals surface area (Å²) < 4.78 is 5.59. The van der Waals surface area contributed by atoms with Gasteiger partial charge in [0.1, 0.15) is 5.82 Å². The molecule has 28 heavy (non-hydrogen) atoms. The van der Waals surface area contributed by atoms with Crippen molar-refractivity contribution in [1.82, 2.24) is 9.97 Å². The topological polar surface area (TPSA) is 64.3 Å². The van der Waals surface area contributed by atoms with Gasteiger partial charge in [-0.05, 0) is 43.3 Å². The van der Waals surface area contributed by atoms with Gasteiger partial charge in [0.05, 0.1) is 24.9 Å². The zero-order valence-electron chi connectivity index (χ0n) is 15.9. The third kappa shape index (κ3) is 4.46. The molecule has 0 saturated carbocycles. The Morgan fingerprint density at radius 1 is 1.11 bits per heavy atom. The lowest BCUT2D eigenvalue weighted by Crippen LogP contribution is -2.44. The first kappa shape index (κ1) is 18.8. The van der Waals surface area contributed by atoms with Gasteiger partial charge in [-0.1, -0.05) is 18.2 Å². The quantitative estimate of drug-likeness (QED) is 0.517. The van der Waals surface area contributed by atoms with Crippen LogP contribution >= 0.6 is 11.8 Å². The predicted molar refractivity (Wildman–Crippen MR) is 116 cm³/mol. The van der Waals surface area contributed by atoms with E-state index in [0.717, 1.165) is 54.1 Å².